The second kappa shape index (κ2) is 9.15. The summed E-state index contributed by atoms with van der Waals surface area (Å²) in [5.74, 6) is 0.448. The van der Waals surface area contributed by atoms with Gasteiger partial charge in [-0.2, -0.15) is 0 Å². The molecule has 39 heavy (non-hydrogen) atoms. The Balaban J connectivity index is 1.27. The maximum absolute atomic E-state index is 2.37. The lowest BCUT2D eigenvalue weighted by molar-refractivity contribution is 0.893. The van der Waals surface area contributed by atoms with Crippen molar-refractivity contribution in [3.8, 4) is 22.3 Å². The van der Waals surface area contributed by atoms with E-state index in [1.807, 2.05) is 11.8 Å². The lowest BCUT2D eigenvalue weighted by atomic mass is 9.84. The predicted molar refractivity (Wildman–Crippen MR) is 168 cm³/mol. The molecule has 0 radical (unpaired) electrons. The van der Waals surface area contributed by atoms with Crippen LogP contribution in [-0.4, -0.2) is 5.25 Å². The van der Waals surface area contributed by atoms with Gasteiger partial charge < -0.3 is 0 Å². The molecule has 0 spiro atoms. The molecular weight excluding hydrogens is 488 g/mol. The largest absolute Gasteiger partial charge is 0.117 e. The summed E-state index contributed by atoms with van der Waals surface area (Å²) < 4.78 is 0. The number of hydrogen-bond acceptors (Lipinski definition) is 1. The first-order chi connectivity index (χ1) is 19.4. The minimum absolute atomic E-state index is 0.435. The second-order valence-corrected chi connectivity index (χ2v) is 11.6. The fraction of sp³-hybridized carbons (Fsp3) is 0.0526. The highest BCUT2D eigenvalue weighted by Crippen LogP contribution is 2.52. The second-order valence-electron chi connectivity index (χ2n) is 10.4. The molecule has 0 aromatic heterocycles. The van der Waals surface area contributed by atoms with E-state index in [1.165, 1.54) is 65.4 Å². The molecule has 184 valence electrons. The van der Waals surface area contributed by atoms with Gasteiger partial charge in [0.15, 0.2) is 0 Å². The molecule has 1 aliphatic heterocycles. The van der Waals surface area contributed by atoms with Gasteiger partial charge in [0.2, 0.25) is 0 Å². The zero-order valence-electron chi connectivity index (χ0n) is 21.4. The summed E-state index contributed by atoms with van der Waals surface area (Å²) in [6, 6.07) is 46.7. The van der Waals surface area contributed by atoms with Crippen molar-refractivity contribution in [2.75, 3.05) is 0 Å². The molecule has 2 unspecified atom stereocenters. The maximum atomic E-state index is 2.37. The van der Waals surface area contributed by atoms with Gasteiger partial charge >= 0.3 is 0 Å². The number of thioether (sulfide) groups is 1. The Morgan fingerprint density at radius 3 is 1.62 bits per heavy atom. The van der Waals surface area contributed by atoms with Crippen LogP contribution in [0.2, 0.25) is 0 Å². The van der Waals surface area contributed by atoms with Gasteiger partial charge in [0.1, 0.15) is 0 Å². The maximum Gasteiger partial charge on any atom is 0.0454 e. The van der Waals surface area contributed by atoms with Gasteiger partial charge in [-0.05, 0) is 66.6 Å². The molecule has 2 aliphatic rings. The quantitative estimate of drug-likeness (QED) is 0.212. The molecule has 0 amide bonds. The zero-order valence-corrected chi connectivity index (χ0v) is 22.2. The van der Waals surface area contributed by atoms with Crippen molar-refractivity contribution in [2.24, 2.45) is 0 Å². The molecule has 0 saturated carbocycles. The van der Waals surface area contributed by atoms with E-state index >= 15 is 0 Å². The Labute approximate surface area is 233 Å². The standard InChI is InChI=1S/C38H26S/c1-2-11-26(12-3-1)36-30-14-4-6-16-32(30)37(33-17-7-5-15-31(33)36)27-23-21-25(22-24-27)28-18-10-19-34-29-13-8-9-20-35(29)39-38(28)34/h1-24,34,38H. The Kier molecular flexibility index (Phi) is 5.31. The highest BCUT2D eigenvalue weighted by molar-refractivity contribution is 8.00. The molecule has 0 bridgehead atoms. The smallest absolute Gasteiger partial charge is 0.0454 e. The third-order valence-electron chi connectivity index (χ3n) is 8.26. The fourth-order valence-electron chi connectivity index (χ4n) is 6.52. The molecule has 1 heteroatoms. The van der Waals surface area contributed by atoms with E-state index in [2.05, 4.69) is 146 Å². The Morgan fingerprint density at radius 2 is 0.974 bits per heavy atom. The van der Waals surface area contributed by atoms with Crippen LogP contribution in [0.5, 0.6) is 0 Å². The Bertz CT molecular complexity index is 1870. The molecule has 0 fully saturated rings. The van der Waals surface area contributed by atoms with Crippen molar-refractivity contribution in [1.29, 1.82) is 0 Å². The van der Waals surface area contributed by atoms with E-state index in [0.29, 0.717) is 11.2 Å². The summed E-state index contributed by atoms with van der Waals surface area (Å²) in [7, 11) is 0. The van der Waals surface area contributed by atoms with Crippen LogP contribution in [0.15, 0.2) is 151 Å². The summed E-state index contributed by atoms with van der Waals surface area (Å²) in [6.07, 6.45) is 6.93. The van der Waals surface area contributed by atoms with Crippen molar-refractivity contribution in [2.45, 2.75) is 16.1 Å². The minimum Gasteiger partial charge on any atom is -0.117 e. The monoisotopic (exact) mass is 514 g/mol. The van der Waals surface area contributed by atoms with E-state index < -0.39 is 0 Å². The van der Waals surface area contributed by atoms with Crippen LogP contribution in [0.1, 0.15) is 17.0 Å². The average molecular weight is 515 g/mol. The van der Waals surface area contributed by atoms with Gasteiger partial charge in [0, 0.05) is 16.1 Å². The Morgan fingerprint density at radius 1 is 0.462 bits per heavy atom. The highest BCUT2D eigenvalue weighted by atomic mass is 32.2. The van der Waals surface area contributed by atoms with E-state index in [0.717, 1.165) is 0 Å². The van der Waals surface area contributed by atoms with Gasteiger partial charge in [-0.1, -0.05) is 140 Å². The number of hydrogen-bond donors (Lipinski definition) is 0. The van der Waals surface area contributed by atoms with Crippen LogP contribution in [0, 0.1) is 0 Å². The van der Waals surface area contributed by atoms with Gasteiger partial charge in [-0.3, -0.25) is 0 Å². The van der Waals surface area contributed by atoms with Crippen LogP contribution in [0.25, 0.3) is 49.4 Å². The number of fused-ring (bicyclic) bond motifs is 5. The predicted octanol–water partition coefficient (Wildman–Crippen LogP) is 10.5. The first kappa shape index (κ1) is 22.6. The molecule has 1 heterocycles. The van der Waals surface area contributed by atoms with Crippen molar-refractivity contribution < 1.29 is 0 Å². The van der Waals surface area contributed by atoms with Crippen LogP contribution in [-0.2, 0) is 0 Å². The summed E-state index contributed by atoms with van der Waals surface area (Å²) in [6.45, 7) is 0. The summed E-state index contributed by atoms with van der Waals surface area (Å²) >= 11 is 2.01. The van der Waals surface area contributed by atoms with Crippen molar-refractivity contribution in [3.63, 3.8) is 0 Å². The van der Waals surface area contributed by atoms with Crippen LogP contribution in [0.3, 0.4) is 0 Å². The van der Waals surface area contributed by atoms with E-state index in [9.17, 15) is 0 Å². The van der Waals surface area contributed by atoms with Gasteiger partial charge in [-0.15, -0.1) is 11.8 Å². The summed E-state index contributed by atoms with van der Waals surface area (Å²) in [5.41, 5.74) is 9.33. The topological polar surface area (TPSA) is 0 Å². The van der Waals surface area contributed by atoms with Gasteiger partial charge in [0.25, 0.3) is 0 Å². The summed E-state index contributed by atoms with van der Waals surface area (Å²) in [4.78, 5) is 1.41. The molecule has 0 nitrogen and oxygen atoms in total. The van der Waals surface area contributed by atoms with Crippen molar-refractivity contribution in [3.05, 3.63) is 157 Å². The molecule has 6 aromatic rings. The SMILES string of the molecule is C1=CC2c3ccccc3SC2C(c2ccc(-c3c4ccccc4c(-c4ccccc4)c4ccccc34)cc2)=C1. The van der Waals surface area contributed by atoms with Crippen molar-refractivity contribution >= 4 is 38.9 Å². The Hall–Kier alpha value is -4.33. The van der Waals surface area contributed by atoms with E-state index in [4.69, 9.17) is 0 Å². The zero-order chi connectivity index (χ0) is 25.8. The molecule has 0 N–H and O–H groups in total. The summed E-state index contributed by atoms with van der Waals surface area (Å²) in [5, 5.41) is 5.62. The van der Waals surface area contributed by atoms with E-state index in [1.54, 1.807) is 0 Å². The van der Waals surface area contributed by atoms with Crippen LogP contribution in [0.4, 0.5) is 0 Å². The van der Waals surface area contributed by atoms with Gasteiger partial charge in [0.05, 0.1) is 0 Å². The number of benzene rings is 6. The fourth-order valence-corrected chi connectivity index (χ4v) is 8.01. The van der Waals surface area contributed by atoms with Crippen molar-refractivity contribution in [1.82, 2.24) is 0 Å². The molecule has 8 rings (SSSR count). The normalized spacial score (nSPS) is 17.7. The highest BCUT2D eigenvalue weighted by Gasteiger charge is 2.35. The van der Waals surface area contributed by atoms with Crippen LogP contribution < -0.4 is 0 Å². The molecule has 0 saturated heterocycles. The molecule has 2 atom stereocenters. The first-order valence-corrected chi connectivity index (χ1v) is 14.5. The lowest BCUT2D eigenvalue weighted by Crippen LogP contribution is -2.13. The number of allylic oxidation sites excluding steroid dienone is 3. The molecule has 6 aromatic carbocycles. The third kappa shape index (κ3) is 3.61. The van der Waals surface area contributed by atoms with E-state index in [-0.39, 0.29) is 0 Å². The number of rotatable bonds is 3. The minimum atomic E-state index is 0.435. The molecular formula is C38H26S. The van der Waals surface area contributed by atoms with Crippen LogP contribution >= 0.6 is 11.8 Å². The average Bonchev–Trinajstić information content (AvgIpc) is 3.39. The lowest BCUT2D eigenvalue weighted by Gasteiger charge is -2.23. The van der Waals surface area contributed by atoms with Gasteiger partial charge in [-0.25, -0.2) is 0 Å². The molecule has 1 aliphatic carbocycles. The first-order valence-electron chi connectivity index (χ1n) is 13.6. The third-order valence-corrected chi connectivity index (χ3v) is 9.69.